The molecular formula is C7H5BrO2. The highest BCUT2D eigenvalue weighted by molar-refractivity contribution is 9.12. The van der Waals surface area contributed by atoms with E-state index in [0.29, 0.717) is 10.1 Å². The van der Waals surface area contributed by atoms with Crippen molar-refractivity contribution in [2.24, 2.45) is 0 Å². The van der Waals surface area contributed by atoms with Crippen LogP contribution in [0.25, 0.3) is 0 Å². The summed E-state index contributed by atoms with van der Waals surface area (Å²) in [7, 11) is 0. The minimum atomic E-state index is -0.142. The molecular weight excluding hydrogens is 196 g/mol. The van der Waals surface area contributed by atoms with Crippen LogP contribution in [0.1, 0.15) is 6.92 Å². The zero-order valence-electron chi connectivity index (χ0n) is 5.35. The first kappa shape index (κ1) is 7.41. The van der Waals surface area contributed by atoms with Gasteiger partial charge in [-0.2, -0.15) is 0 Å². The van der Waals surface area contributed by atoms with Gasteiger partial charge >= 0.3 is 0 Å². The molecule has 0 heterocycles. The number of allylic oxidation sites excluding steroid dienone is 4. The van der Waals surface area contributed by atoms with Gasteiger partial charge in [0.05, 0.1) is 4.48 Å². The third-order valence-electron chi connectivity index (χ3n) is 1.23. The normalized spacial score (nSPS) is 18.6. The van der Waals surface area contributed by atoms with Gasteiger partial charge < -0.3 is 0 Å². The van der Waals surface area contributed by atoms with Crippen molar-refractivity contribution >= 4 is 27.5 Å². The molecule has 1 aliphatic rings. The van der Waals surface area contributed by atoms with Crippen molar-refractivity contribution in [1.29, 1.82) is 0 Å². The van der Waals surface area contributed by atoms with E-state index in [1.54, 1.807) is 6.92 Å². The molecule has 0 N–H and O–H groups in total. The predicted molar refractivity (Wildman–Crippen MR) is 40.8 cm³/mol. The molecule has 0 fully saturated rings. The summed E-state index contributed by atoms with van der Waals surface area (Å²) in [5.74, 6) is -0.247. The average molecular weight is 201 g/mol. The van der Waals surface area contributed by atoms with Crippen LogP contribution in [0.15, 0.2) is 22.2 Å². The molecule has 1 aliphatic carbocycles. The summed E-state index contributed by atoms with van der Waals surface area (Å²) in [6.07, 6.45) is 2.62. The fourth-order valence-corrected chi connectivity index (χ4v) is 0.959. The van der Waals surface area contributed by atoms with E-state index in [2.05, 4.69) is 15.9 Å². The Morgan fingerprint density at radius 2 is 1.80 bits per heavy atom. The lowest BCUT2D eigenvalue weighted by atomic mass is 10.1. The van der Waals surface area contributed by atoms with Gasteiger partial charge in [0.1, 0.15) is 0 Å². The molecule has 0 aromatic heterocycles. The maximum absolute atomic E-state index is 10.8. The van der Waals surface area contributed by atoms with Gasteiger partial charge in [-0.1, -0.05) is 0 Å². The highest BCUT2D eigenvalue weighted by Gasteiger charge is 2.14. The zero-order chi connectivity index (χ0) is 7.72. The first-order valence-electron chi connectivity index (χ1n) is 2.75. The molecule has 2 nitrogen and oxygen atoms in total. The van der Waals surface area contributed by atoms with E-state index in [1.807, 2.05) is 0 Å². The number of carbonyl (C=O) groups excluding carboxylic acids is 2. The van der Waals surface area contributed by atoms with Crippen LogP contribution in [0.3, 0.4) is 0 Å². The fraction of sp³-hybridized carbons (Fsp3) is 0.143. The Bertz CT molecular complexity index is 233. The molecule has 0 aromatic carbocycles. The van der Waals surface area contributed by atoms with E-state index in [-0.39, 0.29) is 11.6 Å². The predicted octanol–water partition coefficient (Wildman–Crippen LogP) is 1.36. The smallest absolute Gasteiger partial charge is 0.193 e. The molecule has 1 rings (SSSR count). The lowest BCUT2D eigenvalue weighted by Crippen LogP contribution is -2.07. The largest absolute Gasteiger partial charge is 0.290 e. The van der Waals surface area contributed by atoms with Gasteiger partial charge in [-0.05, 0) is 28.9 Å². The Labute approximate surface area is 66.7 Å². The maximum atomic E-state index is 10.8. The number of rotatable bonds is 0. The number of hydrogen-bond donors (Lipinski definition) is 0. The number of halogens is 1. The summed E-state index contributed by atoms with van der Waals surface area (Å²) in [6.45, 7) is 1.62. The van der Waals surface area contributed by atoms with Gasteiger partial charge in [-0.15, -0.1) is 0 Å². The zero-order valence-corrected chi connectivity index (χ0v) is 6.94. The lowest BCUT2D eigenvalue weighted by Gasteiger charge is -2.01. The number of ketones is 2. The Kier molecular flexibility index (Phi) is 1.85. The van der Waals surface area contributed by atoms with Gasteiger partial charge in [0.25, 0.3) is 0 Å². The molecule has 0 spiro atoms. The molecule has 0 bridgehead atoms. The summed E-state index contributed by atoms with van der Waals surface area (Å²) in [4.78, 5) is 21.6. The molecule has 0 aliphatic heterocycles. The minimum absolute atomic E-state index is 0.105. The third-order valence-corrected chi connectivity index (χ3v) is 1.85. The minimum Gasteiger partial charge on any atom is -0.290 e. The standard InChI is InChI=1S/C7H5BrO2/c1-4-2-7(10)5(8)3-6(4)9/h2-3H,1H3. The van der Waals surface area contributed by atoms with Crippen LogP contribution in [0.4, 0.5) is 0 Å². The SMILES string of the molecule is CC1=CC(=O)C(Br)=CC1=O. The Morgan fingerprint density at radius 3 is 2.30 bits per heavy atom. The number of hydrogen-bond acceptors (Lipinski definition) is 2. The summed E-state index contributed by atoms with van der Waals surface area (Å²) in [5.41, 5.74) is 0.494. The van der Waals surface area contributed by atoms with E-state index in [4.69, 9.17) is 0 Å². The lowest BCUT2D eigenvalue weighted by molar-refractivity contribution is -0.114. The fourth-order valence-electron chi connectivity index (χ4n) is 0.637. The highest BCUT2D eigenvalue weighted by Crippen LogP contribution is 2.15. The van der Waals surface area contributed by atoms with Gasteiger partial charge in [-0.3, -0.25) is 9.59 Å². The van der Waals surface area contributed by atoms with Crippen LogP contribution in [0, 0.1) is 0 Å². The molecule has 0 aromatic rings. The van der Waals surface area contributed by atoms with Crippen molar-refractivity contribution in [3.63, 3.8) is 0 Å². The summed E-state index contributed by atoms with van der Waals surface area (Å²) in [5, 5.41) is 0. The van der Waals surface area contributed by atoms with E-state index in [9.17, 15) is 9.59 Å². The maximum Gasteiger partial charge on any atom is 0.193 e. The van der Waals surface area contributed by atoms with E-state index in [1.165, 1.54) is 12.2 Å². The van der Waals surface area contributed by atoms with Gasteiger partial charge in [-0.25, -0.2) is 0 Å². The molecule has 3 heteroatoms. The molecule has 0 radical (unpaired) electrons. The summed E-state index contributed by atoms with van der Waals surface area (Å²) >= 11 is 2.97. The molecule has 0 saturated carbocycles. The van der Waals surface area contributed by atoms with Crippen LogP contribution < -0.4 is 0 Å². The first-order chi connectivity index (χ1) is 4.61. The number of carbonyl (C=O) groups is 2. The molecule has 0 unspecified atom stereocenters. The van der Waals surface area contributed by atoms with Crippen molar-refractivity contribution in [3.8, 4) is 0 Å². The Hall–Kier alpha value is -0.700. The molecule has 0 saturated heterocycles. The summed E-state index contributed by atoms with van der Waals surface area (Å²) < 4.78 is 0.336. The quantitative estimate of drug-likeness (QED) is 0.554. The Morgan fingerprint density at radius 1 is 1.20 bits per heavy atom. The highest BCUT2D eigenvalue weighted by atomic mass is 79.9. The van der Waals surface area contributed by atoms with Crippen LogP contribution in [0.5, 0.6) is 0 Å². The summed E-state index contributed by atoms with van der Waals surface area (Å²) in [6, 6.07) is 0. The molecule has 52 valence electrons. The van der Waals surface area contributed by atoms with Crippen LogP contribution in [0.2, 0.25) is 0 Å². The molecule has 0 amide bonds. The average Bonchev–Trinajstić information content (AvgIpc) is 1.84. The Balaban J connectivity index is 3.03. The second kappa shape index (κ2) is 2.50. The van der Waals surface area contributed by atoms with Crippen LogP contribution in [-0.2, 0) is 9.59 Å². The van der Waals surface area contributed by atoms with Crippen molar-refractivity contribution in [3.05, 3.63) is 22.2 Å². The topological polar surface area (TPSA) is 34.1 Å². The van der Waals surface area contributed by atoms with Crippen molar-refractivity contribution in [2.75, 3.05) is 0 Å². The van der Waals surface area contributed by atoms with Crippen molar-refractivity contribution < 1.29 is 9.59 Å². The second-order valence-electron chi connectivity index (χ2n) is 2.05. The monoisotopic (exact) mass is 200 g/mol. The van der Waals surface area contributed by atoms with Gasteiger partial charge in [0.15, 0.2) is 11.6 Å². The molecule has 10 heavy (non-hydrogen) atoms. The third kappa shape index (κ3) is 1.24. The van der Waals surface area contributed by atoms with Crippen molar-refractivity contribution in [1.82, 2.24) is 0 Å². The molecule has 0 atom stereocenters. The van der Waals surface area contributed by atoms with E-state index >= 15 is 0 Å². The van der Waals surface area contributed by atoms with Gasteiger partial charge in [0, 0.05) is 11.6 Å². The van der Waals surface area contributed by atoms with E-state index < -0.39 is 0 Å². The van der Waals surface area contributed by atoms with E-state index in [0.717, 1.165) is 0 Å². The van der Waals surface area contributed by atoms with Crippen LogP contribution in [-0.4, -0.2) is 11.6 Å². The van der Waals surface area contributed by atoms with Crippen molar-refractivity contribution in [2.45, 2.75) is 6.92 Å². The van der Waals surface area contributed by atoms with Crippen LogP contribution >= 0.6 is 15.9 Å². The first-order valence-corrected chi connectivity index (χ1v) is 3.54. The van der Waals surface area contributed by atoms with Gasteiger partial charge in [0.2, 0.25) is 0 Å². The second-order valence-corrected chi connectivity index (χ2v) is 2.90.